The third kappa shape index (κ3) is 2.62. The molecule has 0 saturated heterocycles. The molecule has 0 unspecified atom stereocenters. The SMILES string of the molecule is O=C(c1c(Cl)cccc1C1(C(F)(F)F)CC1)n1nc(Br)c2c1CCCC2. The van der Waals surface area contributed by atoms with E-state index in [2.05, 4.69) is 21.0 Å². The Morgan fingerprint density at radius 2 is 1.92 bits per heavy atom. The van der Waals surface area contributed by atoms with E-state index in [0.29, 0.717) is 11.0 Å². The molecule has 3 nitrogen and oxygen atoms in total. The minimum atomic E-state index is -4.42. The second-order valence-electron chi connectivity index (χ2n) is 6.88. The summed E-state index contributed by atoms with van der Waals surface area (Å²) < 4.78 is 42.8. The molecule has 0 spiro atoms. The summed E-state index contributed by atoms with van der Waals surface area (Å²) in [5.74, 6) is -0.593. The van der Waals surface area contributed by atoms with E-state index in [1.54, 1.807) is 0 Å². The van der Waals surface area contributed by atoms with Crippen LogP contribution >= 0.6 is 27.5 Å². The normalized spacial score (nSPS) is 18.5. The van der Waals surface area contributed by atoms with Crippen molar-refractivity contribution < 1.29 is 18.0 Å². The Morgan fingerprint density at radius 1 is 1.23 bits per heavy atom. The smallest absolute Gasteiger partial charge is 0.267 e. The van der Waals surface area contributed by atoms with Crippen molar-refractivity contribution in [2.45, 2.75) is 50.1 Å². The first-order valence-corrected chi connectivity index (χ1v) is 9.60. The molecule has 1 aromatic heterocycles. The lowest BCUT2D eigenvalue weighted by atomic mass is 9.90. The summed E-state index contributed by atoms with van der Waals surface area (Å²) in [5, 5.41) is 4.29. The van der Waals surface area contributed by atoms with Gasteiger partial charge in [0.15, 0.2) is 0 Å². The van der Waals surface area contributed by atoms with Crippen LogP contribution in [-0.2, 0) is 18.3 Å². The molecule has 1 fully saturated rings. The van der Waals surface area contributed by atoms with Gasteiger partial charge in [0, 0.05) is 5.56 Å². The zero-order valence-electron chi connectivity index (χ0n) is 13.7. The molecule has 4 rings (SSSR count). The molecule has 8 heteroatoms. The molecule has 0 bridgehead atoms. The van der Waals surface area contributed by atoms with Gasteiger partial charge in [-0.3, -0.25) is 4.79 Å². The molecule has 0 radical (unpaired) electrons. The van der Waals surface area contributed by atoms with Gasteiger partial charge in [-0.15, -0.1) is 0 Å². The van der Waals surface area contributed by atoms with Crippen molar-refractivity contribution in [2.75, 3.05) is 0 Å². The van der Waals surface area contributed by atoms with Gasteiger partial charge in [0.25, 0.3) is 5.91 Å². The van der Waals surface area contributed by atoms with Gasteiger partial charge in [-0.05, 0) is 66.1 Å². The van der Waals surface area contributed by atoms with Crippen molar-refractivity contribution in [3.8, 4) is 0 Å². The van der Waals surface area contributed by atoms with Gasteiger partial charge in [0.2, 0.25) is 0 Å². The lowest BCUT2D eigenvalue weighted by molar-refractivity contribution is -0.160. The van der Waals surface area contributed by atoms with E-state index < -0.39 is 17.5 Å². The van der Waals surface area contributed by atoms with Crippen LogP contribution in [-0.4, -0.2) is 21.9 Å². The Balaban J connectivity index is 1.86. The molecule has 0 amide bonds. The second-order valence-corrected chi connectivity index (χ2v) is 8.04. The third-order valence-corrected chi connectivity index (χ3v) is 6.31. The van der Waals surface area contributed by atoms with Crippen LogP contribution in [0.15, 0.2) is 22.8 Å². The minimum absolute atomic E-state index is 0.0270. The molecule has 26 heavy (non-hydrogen) atoms. The molecule has 1 aromatic carbocycles. The number of halogens is 5. The zero-order chi connectivity index (χ0) is 18.7. The van der Waals surface area contributed by atoms with E-state index in [4.69, 9.17) is 11.6 Å². The van der Waals surface area contributed by atoms with Crippen LogP contribution in [0.4, 0.5) is 13.2 Å². The van der Waals surface area contributed by atoms with E-state index in [-0.39, 0.29) is 29.0 Å². The summed E-state index contributed by atoms with van der Waals surface area (Å²) in [6.45, 7) is 0. The van der Waals surface area contributed by atoms with E-state index in [0.717, 1.165) is 30.5 Å². The first-order valence-electron chi connectivity index (χ1n) is 8.43. The molecule has 1 saturated carbocycles. The Morgan fingerprint density at radius 3 is 2.58 bits per heavy atom. The quantitative estimate of drug-likeness (QED) is 0.613. The Bertz CT molecular complexity index is 903. The number of rotatable bonds is 2. The van der Waals surface area contributed by atoms with Crippen LogP contribution in [0.1, 0.15) is 52.9 Å². The number of fused-ring (bicyclic) bond motifs is 1. The van der Waals surface area contributed by atoms with E-state index in [9.17, 15) is 18.0 Å². The van der Waals surface area contributed by atoms with Crippen molar-refractivity contribution in [1.82, 2.24) is 9.78 Å². The maximum Gasteiger partial charge on any atom is 0.398 e. The fraction of sp³-hybridized carbons (Fsp3) is 0.444. The number of benzene rings is 1. The van der Waals surface area contributed by atoms with Crippen molar-refractivity contribution in [3.63, 3.8) is 0 Å². The van der Waals surface area contributed by atoms with Crippen LogP contribution < -0.4 is 0 Å². The summed E-state index contributed by atoms with van der Waals surface area (Å²) in [6, 6.07) is 4.29. The van der Waals surface area contributed by atoms with Crippen molar-refractivity contribution in [2.24, 2.45) is 0 Å². The highest BCUT2D eigenvalue weighted by Gasteiger charge is 2.65. The molecule has 1 heterocycles. The summed E-state index contributed by atoms with van der Waals surface area (Å²) in [7, 11) is 0. The molecule has 138 valence electrons. The van der Waals surface area contributed by atoms with Crippen LogP contribution in [0.25, 0.3) is 0 Å². The topological polar surface area (TPSA) is 34.9 Å². The summed E-state index contributed by atoms with van der Waals surface area (Å²) in [6.07, 6.45) is -1.10. The Labute approximate surface area is 161 Å². The number of aromatic nitrogens is 2. The number of carbonyl (C=O) groups excluding carboxylic acids is 1. The molecule has 2 aliphatic carbocycles. The van der Waals surface area contributed by atoms with Gasteiger partial charge >= 0.3 is 6.18 Å². The van der Waals surface area contributed by atoms with Crippen molar-refractivity contribution >= 4 is 33.4 Å². The molecule has 0 atom stereocenters. The number of nitrogens with zero attached hydrogens (tertiary/aromatic N) is 2. The zero-order valence-corrected chi connectivity index (χ0v) is 16.0. The highest BCUT2D eigenvalue weighted by Crippen LogP contribution is 2.60. The summed E-state index contributed by atoms with van der Waals surface area (Å²) >= 11 is 9.57. The van der Waals surface area contributed by atoms with Gasteiger partial charge in [-0.1, -0.05) is 23.7 Å². The molecule has 2 aliphatic rings. The van der Waals surface area contributed by atoms with Gasteiger partial charge in [0.1, 0.15) is 4.60 Å². The average Bonchev–Trinajstić information content (AvgIpc) is 3.35. The molecule has 0 N–H and O–H groups in total. The van der Waals surface area contributed by atoms with E-state index >= 15 is 0 Å². The fourth-order valence-corrected chi connectivity index (χ4v) is 4.64. The average molecular weight is 448 g/mol. The minimum Gasteiger partial charge on any atom is -0.267 e. The van der Waals surface area contributed by atoms with Crippen LogP contribution in [0, 0.1) is 0 Å². The maximum absolute atomic E-state index is 13.7. The van der Waals surface area contributed by atoms with Crippen LogP contribution in [0.5, 0.6) is 0 Å². The number of carbonyl (C=O) groups is 1. The predicted molar refractivity (Wildman–Crippen MR) is 94.7 cm³/mol. The monoisotopic (exact) mass is 446 g/mol. The lowest BCUT2D eigenvalue weighted by Gasteiger charge is -2.23. The first-order chi connectivity index (χ1) is 12.3. The van der Waals surface area contributed by atoms with Crippen LogP contribution in [0.3, 0.4) is 0 Å². The highest BCUT2D eigenvalue weighted by atomic mass is 79.9. The summed E-state index contributed by atoms with van der Waals surface area (Å²) in [4.78, 5) is 13.2. The lowest BCUT2D eigenvalue weighted by Crippen LogP contribution is -2.32. The Hall–Kier alpha value is -1.34. The van der Waals surface area contributed by atoms with Crippen molar-refractivity contribution in [1.29, 1.82) is 0 Å². The highest BCUT2D eigenvalue weighted by molar-refractivity contribution is 9.10. The number of hydrogen-bond donors (Lipinski definition) is 0. The number of alkyl halides is 3. The Kier molecular flexibility index (Phi) is 4.23. The predicted octanol–water partition coefficient (Wildman–Crippen LogP) is 5.46. The largest absolute Gasteiger partial charge is 0.398 e. The standard InChI is InChI=1S/C18H15BrClF3N2O/c19-15-10-4-1-2-7-13(10)25(24-15)16(26)14-11(5-3-6-12(14)20)17(8-9-17)18(21,22)23/h3,5-6H,1-2,4,7-9H2. The fourth-order valence-electron chi connectivity index (χ4n) is 3.80. The van der Waals surface area contributed by atoms with Gasteiger partial charge < -0.3 is 0 Å². The molecular formula is C18H15BrClF3N2O. The van der Waals surface area contributed by atoms with Gasteiger partial charge in [-0.25, -0.2) is 0 Å². The van der Waals surface area contributed by atoms with Crippen molar-refractivity contribution in [3.05, 3.63) is 50.2 Å². The molecule has 0 aliphatic heterocycles. The molecular weight excluding hydrogens is 433 g/mol. The summed E-state index contributed by atoms with van der Waals surface area (Å²) in [5.41, 5.74) is -0.398. The van der Waals surface area contributed by atoms with E-state index in [1.807, 2.05) is 0 Å². The third-order valence-electron chi connectivity index (χ3n) is 5.36. The number of hydrogen-bond acceptors (Lipinski definition) is 2. The van der Waals surface area contributed by atoms with Gasteiger partial charge in [-0.2, -0.15) is 23.0 Å². The van der Waals surface area contributed by atoms with Crippen LogP contribution in [0.2, 0.25) is 5.02 Å². The molecule has 2 aromatic rings. The first kappa shape index (κ1) is 18.0. The second kappa shape index (κ2) is 6.09. The maximum atomic E-state index is 13.7. The van der Waals surface area contributed by atoms with E-state index in [1.165, 1.54) is 22.9 Å². The van der Waals surface area contributed by atoms with Gasteiger partial charge in [0.05, 0.1) is 21.7 Å².